The average Bonchev–Trinajstić information content (AvgIpc) is 3.12. The Kier molecular flexibility index (Phi) is 2.57. The molecule has 1 aliphatic rings. The SMILES string of the molecule is O=C(c1ccc2c(c1)CCO2)c1cc2cccc(F)c2o1. The Morgan fingerprint density at radius 3 is 2.90 bits per heavy atom. The van der Waals surface area contributed by atoms with Crippen molar-refractivity contribution in [3.63, 3.8) is 0 Å². The molecule has 0 aliphatic carbocycles. The van der Waals surface area contributed by atoms with Gasteiger partial charge in [-0.1, -0.05) is 12.1 Å². The lowest BCUT2D eigenvalue weighted by Gasteiger charge is -2.01. The lowest BCUT2D eigenvalue weighted by molar-refractivity contribution is 0.101. The lowest BCUT2D eigenvalue weighted by Crippen LogP contribution is -1.99. The Bertz CT molecular complexity index is 864. The quantitative estimate of drug-likeness (QED) is 0.672. The molecule has 104 valence electrons. The van der Waals surface area contributed by atoms with E-state index in [1.54, 1.807) is 30.3 Å². The number of rotatable bonds is 2. The zero-order valence-corrected chi connectivity index (χ0v) is 11.1. The van der Waals surface area contributed by atoms with Crippen molar-refractivity contribution in [3.05, 3.63) is 65.2 Å². The zero-order chi connectivity index (χ0) is 14.4. The van der Waals surface area contributed by atoms with Crippen LogP contribution in [0.1, 0.15) is 21.7 Å². The molecule has 0 unspecified atom stereocenters. The molecule has 0 saturated heterocycles. The second-order valence-corrected chi connectivity index (χ2v) is 5.02. The first kappa shape index (κ1) is 12.1. The number of halogens is 1. The average molecular weight is 282 g/mol. The molecule has 3 nitrogen and oxygen atoms in total. The largest absolute Gasteiger partial charge is 0.493 e. The monoisotopic (exact) mass is 282 g/mol. The second-order valence-electron chi connectivity index (χ2n) is 5.02. The van der Waals surface area contributed by atoms with E-state index in [1.807, 2.05) is 6.07 Å². The summed E-state index contributed by atoms with van der Waals surface area (Å²) in [6.45, 7) is 0.642. The summed E-state index contributed by atoms with van der Waals surface area (Å²) in [5, 5.41) is 0.586. The highest BCUT2D eigenvalue weighted by Crippen LogP contribution is 2.28. The smallest absolute Gasteiger partial charge is 0.228 e. The maximum absolute atomic E-state index is 13.6. The van der Waals surface area contributed by atoms with Crippen LogP contribution < -0.4 is 4.74 Å². The molecule has 21 heavy (non-hydrogen) atoms. The normalized spacial score (nSPS) is 13.2. The molecule has 0 atom stereocenters. The van der Waals surface area contributed by atoms with Gasteiger partial charge in [-0.15, -0.1) is 0 Å². The molecule has 1 aliphatic heterocycles. The number of carbonyl (C=O) groups excluding carboxylic acids is 1. The van der Waals surface area contributed by atoms with Crippen LogP contribution in [0.4, 0.5) is 4.39 Å². The van der Waals surface area contributed by atoms with Gasteiger partial charge >= 0.3 is 0 Å². The van der Waals surface area contributed by atoms with Gasteiger partial charge in [-0.2, -0.15) is 0 Å². The van der Waals surface area contributed by atoms with Crippen molar-refractivity contribution in [2.45, 2.75) is 6.42 Å². The molecule has 0 fully saturated rings. The number of para-hydroxylation sites is 1. The number of ether oxygens (including phenoxy) is 1. The first-order chi connectivity index (χ1) is 10.2. The minimum absolute atomic E-state index is 0.116. The van der Waals surface area contributed by atoms with Gasteiger partial charge in [0.15, 0.2) is 17.2 Å². The van der Waals surface area contributed by atoms with E-state index in [0.717, 1.165) is 17.7 Å². The van der Waals surface area contributed by atoms with Crippen LogP contribution in [0.2, 0.25) is 0 Å². The summed E-state index contributed by atoms with van der Waals surface area (Å²) in [5.74, 6) is 0.255. The molecule has 2 aromatic carbocycles. The van der Waals surface area contributed by atoms with Crippen LogP contribution >= 0.6 is 0 Å². The van der Waals surface area contributed by atoms with E-state index >= 15 is 0 Å². The Morgan fingerprint density at radius 2 is 2.05 bits per heavy atom. The van der Waals surface area contributed by atoms with Gasteiger partial charge in [-0.25, -0.2) is 4.39 Å². The summed E-state index contributed by atoms with van der Waals surface area (Å²) >= 11 is 0. The van der Waals surface area contributed by atoms with Gasteiger partial charge in [0.1, 0.15) is 5.75 Å². The van der Waals surface area contributed by atoms with Crippen molar-refractivity contribution < 1.29 is 18.3 Å². The molecule has 2 heterocycles. The maximum atomic E-state index is 13.6. The Morgan fingerprint density at radius 1 is 1.14 bits per heavy atom. The molecule has 1 aromatic heterocycles. The Labute approximate surface area is 119 Å². The number of benzene rings is 2. The molecule has 0 N–H and O–H groups in total. The predicted molar refractivity (Wildman–Crippen MR) is 75.2 cm³/mol. The first-order valence-electron chi connectivity index (χ1n) is 6.71. The van der Waals surface area contributed by atoms with E-state index in [0.29, 0.717) is 17.6 Å². The van der Waals surface area contributed by atoms with Crippen molar-refractivity contribution in [3.8, 4) is 5.75 Å². The number of hydrogen-bond acceptors (Lipinski definition) is 3. The van der Waals surface area contributed by atoms with E-state index in [1.165, 1.54) is 6.07 Å². The third-order valence-corrected chi connectivity index (χ3v) is 3.67. The minimum atomic E-state index is -0.464. The summed E-state index contributed by atoms with van der Waals surface area (Å²) in [6, 6.07) is 11.5. The van der Waals surface area contributed by atoms with Crippen LogP contribution in [0.5, 0.6) is 5.75 Å². The van der Waals surface area contributed by atoms with Gasteiger partial charge in [0.05, 0.1) is 6.61 Å². The number of hydrogen-bond donors (Lipinski definition) is 0. The highest BCUT2D eigenvalue weighted by molar-refractivity contribution is 6.09. The molecule has 4 heteroatoms. The maximum Gasteiger partial charge on any atom is 0.228 e. The molecule has 0 bridgehead atoms. The van der Waals surface area contributed by atoms with E-state index < -0.39 is 5.82 Å². The van der Waals surface area contributed by atoms with Gasteiger partial charge < -0.3 is 9.15 Å². The predicted octanol–water partition coefficient (Wildman–Crippen LogP) is 3.74. The van der Waals surface area contributed by atoms with Crippen molar-refractivity contribution in [1.82, 2.24) is 0 Å². The first-order valence-corrected chi connectivity index (χ1v) is 6.71. The van der Waals surface area contributed by atoms with Crippen LogP contribution in [0.25, 0.3) is 11.0 Å². The minimum Gasteiger partial charge on any atom is -0.493 e. The van der Waals surface area contributed by atoms with E-state index in [9.17, 15) is 9.18 Å². The highest BCUT2D eigenvalue weighted by atomic mass is 19.1. The van der Waals surface area contributed by atoms with Gasteiger partial charge in [-0.3, -0.25) is 4.79 Å². The molecule has 3 aromatic rings. The molecule has 0 saturated carbocycles. The van der Waals surface area contributed by atoms with E-state index in [4.69, 9.17) is 9.15 Å². The number of carbonyl (C=O) groups is 1. The van der Waals surface area contributed by atoms with Gasteiger partial charge in [0, 0.05) is 17.4 Å². The topological polar surface area (TPSA) is 39.4 Å². The summed E-state index contributed by atoms with van der Waals surface area (Å²) < 4.78 is 24.4. The fourth-order valence-electron chi connectivity index (χ4n) is 2.61. The lowest BCUT2D eigenvalue weighted by atomic mass is 10.0. The summed E-state index contributed by atoms with van der Waals surface area (Å²) in [4.78, 5) is 12.5. The molecule has 0 amide bonds. The standard InChI is InChI=1S/C17H11FO3/c18-13-3-1-2-12-9-15(21-17(12)13)16(19)11-4-5-14-10(8-11)6-7-20-14/h1-5,8-9H,6-7H2. The third-order valence-electron chi connectivity index (χ3n) is 3.67. The fraction of sp³-hybridized carbons (Fsp3) is 0.118. The summed E-state index contributed by atoms with van der Waals surface area (Å²) in [7, 11) is 0. The Hall–Kier alpha value is -2.62. The van der Waals surface area contributed by atoms with Crippen LogP contribution in [-0.4, -0.2) is 12.4 Å². The van der Waals surface area contributed by atoms with E-state index in [2.05, 4.69) is 0 Å². The van der Waals surface area contributed by atoms with Crippen molar-refractivity contribution >= 4 is 16.8 Å². The van der Waals surface area contributed by atoms with Crippen LogP contribution in [0.15, 0.2) is 46.9 Å². The van der Waals surface area contributed by atoms with Gasteiger partial charge in [-0.05, 0) is 35.9 Å². The van der Waals surface area contributed by atoms with Crippen molar-refractivity contribution in [2.75, 3.05) is 6.61 Å². The summed E-state index contributed by atoms with van der Waals surface area (Å²) in [6.07, 6.45) is 0.797. The molecule has 0 radical (unpaired) electrons. The second kappa shape index (κ2) is 4.45. The van der Waals surface area contributed by atoms with Crippen molar-refractivity contribution in [2.24, 2.45) is 0 Å². The Balaban J connectivity index is 1.77. The van der Waals surface area contributed by atoms with Crippen LogP contribution in [0.3, 0.4) is 0 Å². The van der Waals surface area contributed by atoms with Gasteiger partial charge in [0.2, 0.25) is 5.78 Å². The third kappa shape index (κ3) is 1.91. The fourth-order valence-corrected chi connectivity index (χ4v) is 2.61. The number of ketones is 1. The molecule has 4 rings (SSSR count). The molecular formula is C17H11FO3. The van der Waals surface area contributed by atoms with Crippen LogP contribution in [0, 0.1) is 5.82 Å². The van der Waals surface area contributed by atoms with E-state index in [-0.39, 0.29) is 17.1 Å². The zero-order valence-electron chi connectivity index (χ0n) is 11.1. The van der Waals surface area contributed by atoms with Gasteiger partial charge in [0.25, 0.3) is 0 Å². The highest BCUT2D eigenvalue weighted by Gasteiger charge is 2.19. The molecule has 0 spiro atoms. The number of furan rings is 1. The van der Waals surface area contributed by atoms with Crippen molar-refractivity contribution in [1.29, 1.82) is 0 Å². The number of fused-ring (bicyclic) bond motifs is 2. The summed E-state index contributed by atoms with van der Waals surface area (Å²) in [5.41, 5.74) is 1.66. The molecular weight excluding hydrogens is 271 g/mol. The van der Waals surface area contributed by atoms with Crippen LogP contribution in [-0.2, 0) is 6.42 Å².